The molecule has 0 fully saturated rings. The maximum Gasteiger partial charge on any atom is 0.274 e. The minimum absolute atomic E-state index is 0.0567. The number of rotatable bonds is 7. The second-order valence-electron chi connectivity index (χ2n) is 6.29. The van der Waals surface area contributed by atoms with E-state index in [1.807, 2.05) is 0 Å². The van der Waals surface area contributed by atoms with Gasteiger partial charge >= 0.3 is 0 Å². The van der Waals surface area contributed by atoms with E-state index in [0.29, 0.717) is 5.56 Å². The molecule has 2 aromatic rings. The minimum Gasteiger partial charge on any atom is -0.348 e. The lowest BCUT2D eigenvalue weighted by molar-refractivity contribution is -0.385. The average molecular weight is 409 g/mol. The van der Waals surface area contributed by atoms with Gasteiger partial charge in [-0.15, -0.1) is 0 Å². The first-order valence-corrected chi connectivity index (χ1v) is 10.1. The number of benzene rings is 2. The predicted octanol–water partition coefficient (Wildman–Crippen LogP) is 2.69. The van der Waals surface area contributed by atoms with E-state index in [2.05, 4.69) is 5.32 Å². The van der Waals surface area contributed by atoms with Crippen molar-refractivity contribution in [3.8, 4) is 0 Å². The Morgan fingerprint density at radius 1 is 1.25 bits per heavy atom. The van der Waals surface area contributed by atoms with Gasteiger partial charge in [0.25, 0.3) is 5.69 Å². The van der Waals surface area contributed by atoms with E-state index in [1.54, 1.807) is 6.92 Å². The average Bonchev–Trinajstić information content (AvgIpc) is 2.59. The number of carbonyl (C=O) groups is 1. The van der Waals surface area contributed by atoms with Crippen LogP contribution < -0.4 is 9.62 Å². The maximum absolute atomic E-state index is 13.0. The van der Waals surface area contributed by atoms with Gasteiger partial charge in [0.05, 0.1) is 28.5 Å². The van der Waals surface area contributed by atoms with E-state index in [0.717, 1.165) is 10.6 Å². The molecule has 0 saturated heterocycles. The summed E-state index contributed by atoms with van der Waals surface area (Å²) >= 11 is 0. The Labute approximate surface area is 162 Å². The Morgan fingerprint density at radius 2 is 1.86 bits per heavy atom. The van der Waals surface area contributed by atoms with Crippen LogP contribution in [0, 0.1) is 22.9 Å². The predicted molar refractivity (Wildman–Crippen MR) is 103 cm³/mol. The Morgan fingerprint density at radius 3 is 2.39 bits per heavy atom. The lowest BCUT2D eigenvalue weighted by Gasteiger charge is -2.24. The van der Waals surface area contributed by atoms with Crippen LogP contribution >= 0.6 is 0 Å². The van der Waals surface area contributed by atoms with Gasteiger partial charge in [0.1, 0.15) is 12.4 Å². The number of amides is 1. The highest BCUT2D eigenvalue weighted by Crippen LogP contribution is 2.29. The molecule has 1 N–H and O–H groups in total. The summed E-state index contributed by atoms with van der Waals surface area (Å²) in [6, 6.07) is 9.08. The Balaban J connectivity index is 2.26. The molecule has 0 spiro atoms. The Kier molecular flexibility index (Phi) is 6.34. The number of nitro benzene ring substituents is 1. The zero-order chi connectivity index (χ0) is 21.1. The first-order valence-electron chi connectivity index (χ1n) is 8.27. The van der Waals surface area contributed by atoms with E-state index < -0.39 is 39.3 Å². The van der Waals surface area contributed by atoms with Gasteiger partial charge in [-0.2, -0.15) is 0 Å². The van der Waals surface area contributed by atoms with Crippen molar-refractivity contribution in [2.75, 3.05) is 17.1 Å². The third-order valence-corrected chi connectivity index (χ3v) is 5.30. The van der Waals surface area contributed by atoms with Crippen molar-refractivity contribution < 1.29 is 22.5 Å². The van der Waals surface area contributed by atoms with E-state index in [1.165, 1.54) is 49.4 Å². The van der Waals surface area contributed by atoms with Crippen molar-refractivity contribution in [2.24, 2.45) is 0 Å². The van der Waals surface area contributed by atoms with Crippen molar-refractivity contribution in [1.29, 1.82) is 0 Å². The zero-order valence-electron chi connectivity index (χ0n) is 15.5. The highest BCUT2D eigenvalue weighted by atomic mass is 32.2. The van der Waals surface area contributed by atoms with Gasteiger partial charge in [-0.1, -0.05) is 18.2 Å². The molecule has 0 aliphatic heterocycles. The molecule has 10 heteroatoms. The molecule has 1 atom stereocenters. The molecule has 0 saturated carbocycles. The number of hydrogen-bond donors (Lipinski definition) is 1. The van der Waals surface area contributed by atoms with Gasteiger partial charge in [0.2, 0.25) is 15.9 Å². The van der Waals surface area contributed by atoms with Gasteiger partial charge in [0.15, 0.2) is 0 Å². The molecule has 28 heavy (non-hydrogen) atoms. The summed E-state index contributed by atoms with van der Waals surface area (Å²) in [6.07, 6.45) is 0.919. The highest BCUT2D eigenvalue weighted by Gasteiger charge is 2.26. The summed E-state index contributed by atoms with van der Waals surface area (Å²) in [5, 5.41) is 13.8. The number of anilines is 1. The molecule has 0 heterocycles. The van der Waals surface area contributed by atoms with Crippen LogP contribution in [0.4, 0.5) is 15.8 Å². The van der Waals surface area contributed by atoms with Crippen LogP contribution in [0.25, 0.3) is 0 Å². The van der Waals surface area contributed by atoms with E-state index in [-0.39, 0.29) is 16.9 Å². The molecule has 0 unspecified atom stereocenters. The van der Waals surface area contributed by atoms with Crippen LogP contribution in [0.1, 0.15) is 24.1 Å². The van der Waals surface area contributed by atoms with Crippen LogP contribution in [0.5, 0.6) is 0 Å². The fraction of sp³-hybridized carbons (Fsp3) is 0.278. The minimum atomic E-state index is -3.88. The number of halogens is 1. The topological polar surface area (TPSA) is 110 Å². The molecule has 2 aromatic carbocycles. The van der Waals surface area contributed by atoms with E-state index >= 15 is 0 Å². The number of nitrogens with zero attached hydrogens (tertiary/aromatic N) is 2. The first kappa shape index (κ1) is 21.3. The van der Waals surface area contributed by atoms with E-state index in [9.17, 15) is 27.7 Å². The molecule has 0 aliphatic rings. The third kappa shape index (κ3) is 5.03. The lowest BCUT2D eigenvalue weighted by Crippen LogP contribution is -2.41. The monoisotopic (exact) mass is 409 g/mol. The van der Waals surface area contributed by atoms with Crippen LogP contribution in [0.2, 0.25) is 0 Å². The second-order valence-corrected chi connectivity index (χ2v) is 8.20. The van der Waals surface area contributed by atoms with Gasteiger partial charge in [-0.3, -0.25) is 19.2 Å². The zero-order valence-corrected chi connectivity index (χ0v) is 16.4. The number of carbonyl (C=O) groups excluding carboxylic acids is 1. The molecule has 0 bridgehead atoms. The molecule has 0 aromatic heterocycles. The summed E-state index contributed by atoms with van der Waals surface area (Å²) in [5.74, 6) is -1.01. The van der Waals surface area contributed by atoms with Crippen molar-refractivity contribution in [3.05, 3.63) is 69.5 Å². The fourth-order valence-corrected chi connectivity index (χ4v) is 3.62. The van der Waals surface area contributed by atoms with E-state index in [4.69, 9.17) is 0 Å². The Bertz CT molecular complexity index is 993. The Hall–Kier alpha value is -3.01. The number of sulfonamides is 1. The van der Waals surface area contributed by atoms with Crippen LogP contribution in [0.15, 0.2) is 42.5 Å². The number of nitrogens with one attached hydrogen (secondary N) is 1. The normalized spacial score (nSPS) is 12.3. The van der Waals surface area contributed by atoms with Crippen LogP contribution in [-0.2, 0) is 14.8 Å². The van der Waals surface area contributed by atoms with Crippen molar-refractivity contribution in [3.63, 3.8) is 0 Å². The first-order chi connectivity index (χ1) is 13.0. The third-order valence-electron chi connectivity index (χ3n) is 4.18. The molecule has 150 valence electrons. The lowest BCUT2D eigenvalue weighted by atomic mass is 10.1. The quantitative estimate of drug-likeness (QED) is 0.558. The van der Waals surface area contributed by atoms with Gasteiger partial charge in [-0.05, 0) is 37.6 Å². The molecule has 0 aliphatic carbocycles. The number of nitro groups is 1. The largest absolute Gasteiger partial charge is 0.348 e. The summed E-state index contributed by atoms with van der Waals surface area (Å²) in [7, 11) is -3.88. The molecule has 0 radical (unpaired) electrons. The van der Waals surface area contributed by atoms with Gasteiger partial charge in [-0.25, -0.2) is 12.8 Å². The van der Waals surface area contributed by atoms with Crippen molar-refractivity contribution in [1.82, 2.24) is 5.32 Å². The molecule has 1 amide bonds. The fourth-order valence-electron chi connectivity index (χ4n) is 2.71. The standard InChI is InChI=1S/C18H20FN3O5S/c1-12-16(5-4-6-17(12)22(24)25)21(28(3,26)27)11-18(23)20-13(2)14-7-9-15(19)10-8-14/h4-10,13H,11H2,1-3H3,(H,20,23)/t13-/m1/s1. The van der Waals surface area contributed by atoms with Crippen molar-refractivity contribution in [2.45, 2.75) is 19.9 Å². The number of hydrogen-bond acceptors (Lipinski definition) is 5. The van der Waals surface area contributed by atoms with Crippen LogP contribution in [0.3, 0.4) is 0 Å². The van der Waals surface area contributed by atoms with Gasteiger partial charge < -0.3 is 5.32 Å². The molecule has 8 nitrogen and oxygen atoms in total. The summed E-state index contributed by atoms with van der Waals surface area (Å²) < 4.78 is 38.3. The summed E-state index contributed by atoms with van der Waals surface area (Å²) in [6.45, 7) is 2.55. The smallest absolute Gasteiger partial charge is 0.274 e. The highest BCUT2D eigenvalue weighted by molar-refractivity contribution is 7.92. The summed E-state index contributed by atoms with van der Waals surface area (Å²) in [4.78, 5) is 22.9. The van der Waals surface area contributed by atoms with Gasteiger partial charge in [0, 0.05) is 6.07 Å². The SMILES string of the molecule is Cc1c(N(CC(=O)N[C@H](C)c2ccc(F)cc2)S(C)(=O)=O)cccc1[N+](=O)[O-]. The van der Waals surface area contributed by atoms with Crippen LogP contribution in [-0.4, -0.2) is 32.0 Å². The molecule has 2 rings (SSSR count). The molecular formula is C18H20FN3O5S. The second kappa shape index (κ2) is 8.34. The maximum atomic E-state index is 13.0. The van der Waals surface area contributed by atoms with Crippen molar-refractivity contribution >= 4 is 27.3 Å². The summed E-state index contributed by atoms with van der Waals surface area (Å²) in [5.41, 5.74) is 0.594. The molecular weight excluding hydrogens is 389 g/mol.